The summed E-state index contributed by atoms with van der Waals surface area (Å²) in [5.74, 6) is -2.41. The van der Waals surface area contributed by atoms with E-state index in [0.717, 1.165) is 12.5 Å². The number of hydrogen-bond acceptors (Lipinski definition) is 5. The normalized spacial score (nSPS) is 18.7. The second-order valence-electron chi connectivity index (χ2n) is 8.75. The van der Waals surface area contributed by atoms with Crippen molar-refractivity contribution in [2.45, 2.75) is 64.8 Å². The zero-order valence-electron chi connectivity index (χ0n) is 16.7. The molecule has 0 bridgehead atoms. The number of rotatable bonds is 10. The number of carbonyl (C=O) groups is 3. The first kappa shape index (κ1) is 22.8. The Morgan fingerprint density at radius 3 is 2.38 bits per heavy atom. The summed E-state index contributed by atoms with van der Waals surface area (Å²) in [5.41, 5.74) is -1.03. The summed E-state index contributed by atoms with van der Waals surface area (Å²) >= 11 is 0. The van der Waals surface area contributed by atoms with Crippen LogP contribution in [0.2, 0.25) is 25.7 Å². The largest absolute Gasteiger partial charge is 0.480 e. The van der Waals surface area contributed by atoms with E-state index in [0.29, 0.717) is 26.0 Å². The van der Waals surface area contributed by atoms with Crippen molar-refractivity contribution < 1.29 is 29.0 Å². The van der Waals surface area contributed by atoms with E-state index in [4.69, 9.17) is 9.47 Å². The van der Waals surface area contributed by atoms with Crippen LogP contribution >= 0.6 is 0 Å². The number of carboxylic acids is 1. The Kier molecular flexibility index (Phi) is 8.43. The molecule has 1 amide bonds. The van der Waals surface area contributed by atoms with Gasteiger partial charge in [0.1, 0.15) is 12.8 Å². The van der Waals surface area contributed by atoms with Crippen LogP contribution in [0.5, 0.6) is 0 Å². The second kappa shape index (κ2) is 9.62. The minimum atomic E-state index is -1.15. The lowest BCUT2D eigenvalue weighted by atomic mass is 9.87. The molecule has 1 aliphatic heterocycles. The van der Waals surface area contributed by atoms with Crippen LogP contribution in [0.3, 0.4) is 0 Å². The smallest absolute Gasteiger partial charge is 0.326 e. The number of Topliss-reactive ketones (excluding diaryl/α,β-unsaturated/α-hetero) is 1. The monoisotopic (exact) mass is 387 g/mol. The number of ketones is 1. The quantitative estimate of drug-likeness (QED) is 0.268. The topological polar surface area (TPSA) is 93.1 Å². The van der Waals surface area contributed by atoms with Crippen molar-refractivity contribution in [3.63, 3.8) is 0 Å². The molecular weight excluding hydrogens is 354 g/mol. The molecule has 0 spiro atoms. The van der Waals surface area contributed by atoms with Gasteiger partial charge in [0.05, 0.1) is 12.0 Å². The fourth-order valence-corrected chi connectivity index (χ4v) is 3.47. The van der Waals surface area contributed by atoms with Crippen LogP contribution in [0.15, 0.2) is 0 Å². The van der Waals surface area contributed by atoms with Crippen molar-refractivity contribution in [1.82, 2.24) is 4.90 Å². The predicted molar refractivity (Wildman–Crippen MR) is 101 cm³/mol. The maximum Gasteiger partial charge on any atom is 0.326 e. The molecule has 1 N–H and O–H groups in total. The number of nitrogens with zero attached hydrogens (tertiary/aromatic N) is 1. The van der Waals surface area contributed by atoms with E-state index in [9.17, 15) is 19.5 Å². The lowest BCUT2D eigenvalue weighted by Gasteiger charge is -2.34. The van der Waals surface area contributed by atoms with E-state index < -0.39 is 37.2 Å². The van der Waals surface area contributed by atoms with E-state index >= 15 is 0 Å². The molecule has 7 nitrogen and oxygen atoms in total. The zero-order chi connectivity index (χ0) is 20.0. The Morgan fingerprint density at radius 1 is 1.15 bits per heavy atom. The molecule has 0 aromatic heterocycles. The van der Waals surface area contributed by atoms with Crippen molar-refractivity contribution in [3.8, 4) is 0 Å². The Morgan fingerprint density at radius 2 is 1.81 bits per heavy atom. The third-order valence-corrected chi connectivity index (χ3v) is 6.19. The lowest BCUT2D eigenvalue weighted by Crippen LogP contribution is -2.53. The van der Waals surface area contributed by atoms with Gasteiger partial charge in [-0.2, -0.15) is 0 Å². The fourth-order valence-electron chi connectivity index (χ4n) is 2.71. The van der Waals surface area contributed by atoms with Gasteiger partial charge in [0.2, 0.25) is 5.78 Å². The first-order valence-electron chi connectivity index (χ1n) is 9.19. The van der Waals surface area contributed by atoms with Gasteiger partial charge in [-0.15, -0.1) is 0 Å². The van der Waals surface area contributed by atoms with Crippen molar-refractivity contribution in [2.75, 3.05) is 26.6 Å². The predicted octanol–water partition coefficient (Wildman–Crippen LogP) is 2.38. The number of likely N-dealkylation sites (tertiary alicyclic amines) is 1. The summed E-state index contributed by atoms with van der Waals surface area (Å²) in [6, 6.07) is 0.115. The molecule has 0 aliphatic carbocycles. The average Bonchev–Trinajstić information content (AvgIpc) is 2.55. The van der Waals surface area contributed by atoms with Gasteiger partial charge < -0.3 is 19.5 Å². The van der Waals surface area contributed by atoms with Crippen molar-refractivity contribution in [3.05, 3.63) is 0 Å². The van der Waals surface area contributed by atoms with Gasteiger partial charge in [-0.25, -0.2) is 4.79 Å². The van der Waals surface area contributed by atoms with Gasteiger partial charge in [-0.05, 0) is 25.3 Å². The van der Waals surface area contributed by atoms with Crippen molar-refractivity contribution >= 4 is 25.7 Å². The molecule has 8 heteroatoms. The first-order chi connectivity index (χ1) is 12.0. The van der Waals surface area contributed by atoms with Crippen LogP contribution in [0, 0.1) is 5.41 Å². The minimum absolute atomic E-state index is 0.0517. The molecule has 0 aromatic rings. The summed E-state index contributed by atoms with van der Waals surface area (Å²) in [7, 11) is -1.15. The number of ether oxygens (including phenoxy) is 2. The molecule has 26 heavy (non-hydrogen) atoms. The highest BCUT2D eigenvalue weighted by Gasteiger charge is 2.40. The Hall–Kier alpha value is -1.25. The zero-order valence-corrected chi connectivity index (χ0v) is 17.7. The molecule has 1 fully saturated rings. The number of hydrogen-bond donors (Lipinski definition) is 1. The average molecular weight is 388 g/mol. The van der Waals surface area contributed by atoms with E-state index in [2.05, 4.69) is 19.6 Å². The Bertz CT molecular complexity index is 514. The van der Waals surface area contributed by atoms with E-state index in [1.165, 1.54) is 4.90 Å². The number of carboxylic acid groups (broad SMARTS) is 1. The van der Waals surface area contributed by atoms with Crippen molar-refractivity contribution in [1.29, 1.82) is 0 Å². The first-order valence-corrected chi connectivity index (χ1v) is 12.9. The van der Waals surface area contributed by atoms with Crippen LogP contribution in [0.4, 0.5) is 0 Å². The van der Waals surface area contributed by atoms with Crippen LogP contribution in [-0.4, -0.2) is 68.3 Å². The summed E-state index contributed by atoms with van der Waals surface area (Å²) < 4.78 is 10.9. The van der Waals surface area contributed by atoms with Crippen LogP contribution in [0.1, 0.15) is 33.1 Å². The highest BCUT2D eigenvalue weighted by molar-refractivity contribution is 6.76. The Labute approximate surface area is 157 Å². The molecular formula is C18H33NO6Si. The van der Waals surface area contributed by atoms with Gasteiger partial charge in [-0.3, -0.25) is 9.59 Å². The third-order valence-electron chi connectivity index (χ3n) is 4.48. The molecule has 1 unspecified atom stereocenters. The van der Waals surface area contributed by atoms with Crippen LogP contribution in [0.25, 0.3) is 0 Å². The summed E-state index contributed by atoms with van der Waals surface area (Å²) in [4.78, 5) is 37.7. The molecule has 1 atom stereocenters. The summed E-state index contributed by atoms with van der Waals surface area (Å²) in [6.07, 6.45) is 1.84. The molecule has 1 saturated heterocycles. The lowest BCUT2D eigenvalue weighted by molar-refractivity contribution is -0.160. The molecule has 0 radical (unpaired) electrons. The maximum atomic E-state index is 12.6. The van der Waals surface area contributed by atoms with E-state index in [1.54, 1.807) is 13.8 Å². The maximum absolute atomic E-state index is 12.6. The van der Waals surface area contributed by atoms with Crippen molar-refractivity contribution in [2.24, 2.45) is 5.41 Å². The summed E-state index contributed by atoms with van der Waals surface area (Å²) in [6.45, 7) is 11.1. The van der Waals surface area contributed by atoms with Gasteiger partial charge in [0.15, 0.2) is 0 Å². The number of amides is 1. The highest BCUT2D eigenvalue weighted by Crippen LogP contribution is 2.23. The van der Waals surface area contributed by atoms with Crippen LogP contribution in [-0.2, 0) is 23.9 Å². The number of aliphatic carboxylic acids is 1. The fraction of sp³-hybridized carbons (Fsp3) is 0.833. The number of carbonyl (C=O) groups excluding carboxylic acids is 2. The standard InChI is InChI=1S/C18H33NO6Si/c1-18(2,12-25-13-24-10-11-26(3,4)5)15(20)16(21)19-9-7-6-8-14(19)17(22)23/h14H,6-13H2,1-5H3,(H,22,23). The molecule has 1 rings (SSSR count). The molecule has 1 aliphatic rings. The molecule has 1 heterocycles. The number of piperidine rings is 1. The SMILES string of the molecule is CC(C)(COCOCC[Si](C)(C)C)C(=O)C(=O)N1CCCCC1C(=O)O. The Balaban J connectivity index is 2.50. The molecule has 0 aromatic carbocycles. The van der Waals surface area contributed by atoms with E-state index in [1.807, 2.05) is 0 Å². The minimum Gasteiger partial charge on any atom is -0.480 e. The van der Waals surface area contributed by atoms with Gasteiger partial charge in [0.25, 0.3) is 5.91 Å². The van der Waals surface area contributed by atoms with E-state index in [-0.39, 0.29) is 13.4 Å². The molecule has 0 saturated carbocycles. The summed E-state index contributed by atoms with van der Waals surface area (Å²) in [5, 5.41) is 9.28. The third kappa shape index (κ3) is 7.17. The van der Waals surface area contributed by atoms with Gasteiger partial charge in [-0.1, -0.05) is 33.5 Å². The second-order valence-corrected chi connectivity index (χ2v) is 14.4. The molecule has 150 valence electrons. The van der Waals surface area contributed by atoms with Gasteiger partial charge in [0, 0.05) is 21.2 Å². The van der Waals surface area contributed by atoms with Gasteiger partial charge >= 0.3 is 5.97 Å². The highest BCUT2D eigenvalue weighted by atomic mass is 28.3. The van der Waals surface area contributed by atoms with Crippen LogP contribution < -0.4 is 0 Å².